The Morgan fingerprint density at radius 3 is 2.11 bits per heavy atom. The molecule has 0 aliphatic heterocycles. The molecular weight excluding hydrogens is 450 g/mol. The summed E-state index contributed by atoms with van der Waals surface area (Å²) >= 11 is 0. The van der Waals surface area contributed by atoms with E-state index in [1.54, 1.807) is 25.9 Å². The van der Waals surface area contributed by atoms with E-state index < -0.39 is 29.6 Å². The Morgan fingerprint density at radius 2 is 1.63 bits per heavy atom. The minimum atomic E-state index is -1.60. The van der Waals surface area contributed by atoms with E-state index in [2.05, 4.69) is 10.6 Å². The number of aliphatic carboxylic acids is 1. The molecule has 0 bridgehead atoms. The average molecular weight is 484 g/mol. The standard InChI is InChI=1S/C26H33N3O6/c1-5-26(16-34-4,24(31)32)28-23(30)22(14-29(2)3)27-25(33)35-15-21-19-12-8-6-10-17(19)18-11-7-9-13-20(18)21/h6-13,21-22H,5,14-16H2,1-4H3,(H,27,33)(H,28,30)(H,31,32). The molecule has 35 heavy (non-hydrogen) atoms. The van der Waals surface area contributed by atoms with Crippen molar-refractivity contribution in [2.45, 2.75) is 30.8 Å². The van der Waals surface area contributed by atoms with Crippen molar-refractivity contribution in [2.75, 3.05) is 41.0 Å². The van der Waals surface area contributed by atoms with Crippen molar-refractivity contribution in [3.63, 3.8) is 0 Å². The van der Waals surface area contributed by atoms with Gasteiger partial charge in [-0.3, -0.25) is 4.79 Å². The summed E-state index contributed by atoms with van der Waals surface area (Å²) in [6.45, 7) is 1.70. The van der Waals surface area contributed by atoms with Gasteiger partial charge in [0.25, 0.3) is 0 Å². The van der Waals surface area contributed by atoms with Gasteiger partial charge in [-0.05, 0) is 42.8 Å². The molecule has 0 saturated carbocycles. The predicted octanol–water partition coefficient (Wildman–Crippen LogP) is 2.45. The number of rotatable bonds is 11. The predicted molar refractivity (Wildman–Crippen MR) is 131 cm³/mol. The first-order valence-corrected chi connectivity index (χ1v) is 11.5. The van der Waals surface area contributed by atoms with E-state index >= 15 is 0 Å². The summed E-state index contributed by atoms with van der Waals surface area (Å²) in [6, 6.07) is 15.0. The third kappa shape index (κ3) is 5.80. The number of amides is 2. The lowest BCUT2D eigenvalue weighted by molar-refractivity contribution is -0.150. The van der Waals surface area contributed by atoms with Crippen LogP contribution in [0.2, 0.25) is 0 Å². The third-order valence-corrected chi connectivity index (χ3v) is 6.27. The van der Waals surface area contributed by atoms with Crippen molar-refractivity contribution in [3.05, 3.63) is 59.7 Å². The maximum absolute atomic E-state index is 13.0. The SMILES string of the molecule is CCC(COC)(NC(=O)C(CN(C)C)NC(=O)OCC1c2ccccc2-c2ccccc21)C(=O)O. The molecule has 9 nitrogen and oxygen atoms in total. The van der Waals surface area contributed by atoms with E-state index in [9.17, 15) is 19.5 Å². The third-order valence-electron chi connectivity index (χ3n) is 6.27. The van der Waals surface area contributed by atoms with Crippen LogP contribution in [0.15, 0.2) is 48.5 Å². The summed E-state index contributed by atoms with van der Waals surface area (Å²) in [6.07, 6.45) is -0.639. The maximum atomic E-state index is 13.0. The highest BCUT2D eigenvalue weighted by molar-refractivity contribution is 5.91. The van der Waals surface area contributed by atoms with Crippen LogP contribution in [0.5, 0.6) is 0 Å². The highest BCUT2D eigenvalue weighted by atomic mass is 16.5. The molecule has 0 aromatic heterocycles. The number of carbonyl (C=O) groups is 3. The van der Waals surface area contributed by atoms with Crippen molar-refractivity contribution >= 4 is 18.0 Å². The van der Waals surface area contributed by atoms with E-state index in [-0.39, 0.29) is 32.1 Å². The number of hydrogen-bond acceptors (Lipinski definition) is 6. The number of likely N-dealkylation sites (N-methyl/N-ethyl adjacent to an activating group) is 1. The molecule has 0 fully saturated rings. The molecule has 1 aliphatic carbocycles. The first-order chi connectivity index (χ1) is 16.7. The Kier molecular flexibility index (Phi) is 8.48. The molecule has 188 valence electrons. The fraction of sp³-hybridized carbons (Fsp3) is 0.423. The summed E-state index contributed by atoms with van der Waals surface area (Å²) in [5.74, 6) is -1.95. The van der Waals surface area contributed by atoms with Crippen LogP contribution in [0.25, 0.3) is 11.1 Å². The summed E-state index contributed by atoms with van der Waals surface area (Å²) in [7, 11) is 4.87. The number of ether oxygens (including phenoxy) is 2. The molecule has 2 atom stereocenters. The average Bonchev–Trinajstić information content (AvgIpc) is 3.15. The van der Waals surface area contributed by atoms with Crippen LogP contribution in [0, 0.1) is 0 Å². The molecule has 0 radical (unpaired) electrons. The fourth-order valence-corrected chi connectivity index (χ4v) is 4.40. The molecule has 3 N–H and O–H groups in total. The van der Waals surface area contributed by atoms with Crippen LogP contribution < -0.4 is 10.6 Å². The number of carbonyl (C=O) groups excluding carboxylic acids is 2. The van der Waals surface area contributed by atoms with E-state index in [0.29, 0.717) is 0 Å². The van der Waals surface area contributed by atoms with E-state index in [1.807, 2.05) is 48.5 Å². The molecule has 2 unspecified atom stereocenters. The summed E-state index contributed by atoms with van der Waals surface area (Å²) in [4.78, 5) is 39.4. The summed E-state index contributed by atoms with van der Waals surface area (Å²) in [5, 5.41) is 14.9. The van der Waals surface area contributed by atoms with E-state index in [4.69, 9.17) is 9.47 Å². The number of benzene rings is 2. The molecule has 2 aromatic carbocycles. The van der Waals surface area contributed by atoms with Gasteiger partial charge in [-0.15, -0.1) is 0 Å². The molecular formula is C26H33N3O6. The Balaban J connectivity index is 1.70. The van der Waals surface area contributed by atoms with Crippen molar-refractivity contribution in [1.82, 2.24) is 15.5 Å². The molecule has 0 heterocycles. The zero-order chi connectivity index (χ0) is 25.6. The zero-order valence-corrected chi connectivity index (χ0v) is 20.5. The number of hydrogen-bond donors (Lipinski definition) is 3. The second-order valence-corrected chi connectivity index (χ2v) is 8.95. The monoisotopic (exact) mass is 483 g/mol. The Labute approximate surface area is 205 Å². The van der Waals surface area contributed by atoms with E-state index in [0.717, 1.165) is 22.3 Å². The second kappa shape index (κ2) is 11.3. The van der Waals surface area contributed by atoms with Gasteiger partial charge < -0.3 is 30.1 Å². The summed E-state index contributed by atoms with van der Waals surface area (Å²) < 4.78 is 10.6. The molecule has 9 heteroatoms. The Hall–Kier alpha value is -3.43. The van der Waals surface area contributed by atoms with Crippen LogP contribution in [0.3, 0.4) is 0 Å². The minimum absolute atomic E-state index is 0.105. The van der Waals surface area contributed by atoms with Gasteiger partial charge in [-0.25, -0.2) is 9.59 Å². The highest BCUT2D eigenvalue weighted by Crippen LogP contribution is 2.44. The van der Waals surface area contributed by atoms with Gasteiger partial charge in [0, 0.05) is 19.6 Å². The number of nitrogens with one attached hydrogen (secondary N) is 2. The fourth-order valence-electron chi connectivity index (χ4n) is 4.40. The largest absolute Gasteiger partial charge is 0.479 e. The van der Waals surface area contributed by atoms with Crippen LogP contribution in [0.1, 0.15) is 30.4 Å². The lowest BCUT2D eigenvalue weighted by Crippen LogP contribution is -2.62. The number of nitrogens with zero attached hydrogens (tertiary/aromatic N) is 1. The van der Waals surface area contributed by atoms with Crippen molar-refractivity contribution in [3.8, 4) is 11.1 Å². The van der Waals surface area contributed by atoms with Gasteiger partial charge in [0.15, 0.2) is 5.54 Å². The molecule has 1 aliphatic rings. The Morgan fingerprint density at radius 1 is 1.06 bits per heavy atom. The minimum Gasteiger partial charge on any atom is -0.479 e. The highest BCUT2D eigenvalue weighted by Gasteiger charge is 2.40. The molecule has 3 rings (SSSR count). The zero-order valence-electron chi connectivity index (χ0n) is 20.5. The lowest BCUT2D eigenvalue weighted by Gasteiger charge is -2.31. The van der Waals surface area contributed by atoms with Gasteiger partial charge in [-0.1, -0.05) is 55.5 Å². The van der Waals surface area contributed by atoms with Crippen LogP contribution in [-0.2, 0) is 19.1 Å². The van der Waals surface area contributed by atoms with Gasteiger partial charge in [0.2, 0.25) is 5.91 Å². The molecule has 2 aromatic rings. The number of carboxylic acid groups (broad SMARTS) is 1. The lowest BCUT2D eigenvalue weighted by atomic mass is 9.96. The normalized spacial score (nSPS) is 15.0. The van der Waals surface area contributed by atoms with Gasteiger partial charge >= 0.3 is 12.1 Å². The van der Waals surface area contributed by atoms with Crippen LogP contribution in [0.4, 0.5) is 4.79 Å². The molecule has 0 saturated heterocycles. The quantitative estimate of drug-likeness (QED) is 0.449. The van der Waals surface area contributed by atoms with Crippen LogP contribution >= 0.6 is 0 Å². The maximum Gasteiger partial charge on any atom is 0.407 e. The number of fused-ring (bicyclic) bond motifs is 3. The second-order valence-electron chi connectivity index (χ2n) is 8.95. The van der Waals surface area contributed by atoms with E-state index in [1.165, 1.54) is 7.11 Å². The number of methoxy groups -OCH3 is 1. The van der Waals surface area contributed by atoms with Gasteiger partial charge in [0.1, 0.15) is 12.6 Å². The van der Waals surface area contributed by atoms with Crippen molar-refractivity contribution in [2.24, 2.45) is 0 Å². The first-order valence-electron chi connectivity index (χ1n) is 11.5. The van der Waals surface area contributed by atoms with Gasteiger partial charge in [0.05, 0.1) is 6.61 Å². The first kappa shape index (κ1) is 26.2. The smallest absolute Gasteiger partial charge is 0.407 e. The van der Waals surface area contributed by atoms with Crippen molar-refractivity contribution in [1.29, 1.82) is 0 Å². The number of carboxylic acids is 1. The summed E-state index contributed by atoms with van der Waals surface area (Å²) in [5.41, 5.74) is 2.80. The number of alkyl carbamates (subject to hydrolysis) is 1. The van der Waals surface area contributed by atoms with Gasteiger partial charge in [-0.2, -0.15) is 0 Å². The van der Waals surface area contributed by atoms with Crippen molar-refractivity contribution < 1.29 is 29.0 Å². The molecule has 0 spiro atoms. The Bertz CT molecular complexity index is 1030. The molecule has 2 amide bonds. The van der Waals surface area contributed by atoms with Crippen LogP contribution in [-0.4, -0.2) is 80.5 Å². The topological polar surface area (TPSA) is 117 Å².